The number of hydrogen-bond acceptors (Lipinski definition) is 4. The van der Waals surface area contributed by atoms with E-state index in [-0.39, 0.29) is 20.1 Å². The summed E-state index contributed by atoms with van der Waals surface area (Å²) in [6.45, 7) is 0. The maximum Gasteiger partial charge on any atom is 0.431 e. The van der Waals surface area contributed by atoms with E-state index in [2.05, 4.69) is 20.9 Å². The van der Waals surface area contributed by atoms with Crippen molar-refractivity contribution in [3.05, 3.63) is 55.6 Å². The lowest BCUT2D eigenvalue weighted by atomic mass is 10.2. The Balaban J connectivity index is 2.38. The van der Waals surface area contributed by atoms with E-state index in [9.17, 15) is 26.4 Å². The molecule has 5 nitrogen and oxygen atoms in total. The molecule has 2 aromatic heterocycles. The molecule has 0 spiro atoms. The van der Waals surface area contributed by atoms with Gasteiger partial charge in [-0.3, -0.25) is 4.79 Å². The van der Waals surface area contributed by atoms with Gasteiger partial charge < -0.3 is 4.98 Å². The van der Waals surface area contributed by atoms with Crippen LogP contribution in [-0.4, -0.2) is 18.4 Å². The molecule has 0 aromatic carbocycles. The Bertz CT molecular complexity index is 912. The third-order valence-corrected chi connectivity index (χ3v) is 5.54. The second-order valence-electron chi connectivity index (χ2n) is 4.44. The lowest BCUT2D eigenvalue weighted by Crippen LogP contribution is -2.19. The van der Waals surface area contributed by atoms with E-state index in [0.29, 0.717) is 6.07 Å². The Hall–Kier alpha value is -1.39. The summed E-state index contributed by atoms with van der Waals surface area (Å²) in [7, 11) is -3.98. The zero-order chi connectivity index (χ0) is 17.4. The molecule has 11 heteroatoms. The quantitative estimate of drug-likeness (QED) is 0.757. The Morgan fingerprint density at radius 2 is 1.96 bits per heavy atom. The molecular formula is C12H7BrClF3N2O3S. The van der Waals surface area contributed by atoms with Crippen LogP contribution in [0.3, 0.4) is 0 Å². The third-order valence-electron chi connectivity index (χ3n) is 2.78. The number of nitrogens with one attached hydrogen (secondary N) is 1. The lowest BCUT2D eigenvalue weighted by Gasteiger charge is -2.08. The minimum absolute atomic E-state index is 0.0522. The van der Waals surface area contributed by atoms with Gasteiger partial charge in [-0.25, -0.2) is 13.4 Å². The summed E-state index contributed by atoms with van der Waals surface area (Å²) in [5, 5.41) is 0.0522. The van der Waals surface area contributed by atoms with Crippen molar-refractivity contribution in [3.63, 3.8) is 0 Å². The second-order valence-corrected chi connectivity index (χ2v) is 7.64. The molecule has 0 amide bonds. The van der Waals surface area contributed by atoms with E-state index in [1.807, 2.05) is 4.98 Å². The normalized spacial score (nSPS) is 12.4. The molecule has 0 aliphatic rings. The highest BCUT2D eigenvalue weighted by Gasteiger charge is 2.32. The van der Waals surface area contributed by atoms with Crippen LogP contribution in [0.15, 0.2) is 38.7 Å². The first kappa shape index (κ1) is 18.0. The number of sulfone groups is 1. The molecule has 0 bridgehead atoms. The van der Waals surface area contributed by atoms with E-state index in [4.69, 9.17) is 11.6 Å². The van der Waals surface area contributed by atoms with Crippen LogP contribution in [0, 0.1) is 0 Å². The van der Waals surface area contributed by atoms with Crippen molar-refractivity contribution in [2.45, 2.75) is 16.8 Å². The summed E-state index contributed by atoms with van der Waals surface area (Å²) >= 11 is 8.68. The molecule has 0 saturated carbocycles. The molecule has 1 N–H and O–H groups in total. The molecular weight excluding hydrogens is 425 g/mol. The summed E-state index contributed by atoms with van der Waals surface area (Å²) in [5.41, 5.74) is -2.59. The number of aromatic nitrogens is 2. The van der Waals surface area contributed by atoms with Gasteiger partial charge in [0.1, 0.15) is 10.8 Å². The zero-order valence-corrected chi connectivity index (χ0v) is 14.1. The van der Waals surface area contributed by atoms with E-state index in [0.717, 1.165) is 12.4 Å². The number of halogens is 5. The molecule has 0 fully saturated rings. The minimum atomic E-state index is -4.72. The van der Waals surface area contributed by atoms with Crippen LogP contribution in [0.1, 0.15) is 11.3 Å². The first-order valence-electron chi connectivity index (χ1n) is 5.83. The highest BCUT2D eigenvalue weighted by atomic mass is 79.9. The number of hydrogen-bond donors (Lipinski definition) is 1. The maximum atomic E-state index is 12.5. The fraction of sp³-hybridized carbons (Fsp3) is 0.167. The molecule has 2 heterocycles. The van der Waals surface area contributed by atoms with Crippen molar-refractivity contribution in [3.8, 4) is 0 Å². The van der Waals surface area contributed by atoms with Crippen molar-refractivity contribution < 1.29 is 21.6 Å². The van der Waals surface area contributed by atoms with Crippen molar-refractivity contribution in [1.29, 1.82) is 0 Å². The van der Waals surface area contributed by atoms with Crippen molar-refractivity contribution >= 4 is 37.4 Å². The number of rotatable bonds is 3. The molecule has 0 aliphatic carbocycles. The Kier molecular flexibility index (Phi) is 4.88. The molecule has 2 rings (SSSR count). The highest BCUT2D eigenvalue weighted by Crippen LogP contribution is 2.27. The number of alkyl halides is 3. The van der Waals surface area contributed by atoms with Crippen LogP contribution in [0.5, 0.6) is 0 Å². The topological polar surface area (TPSA) is 79.9 Å². The predicted octanol–water partition coefficient (Wildman–Crippen LogP) is 3.18. The van der Waals surface area contributed by atoms with Gasteiger partial charge in [0.2, 0.25) is 0 Å². The molecule has 2 aromatic rings. The van der Waals surface area contributed by atoms with Crippen LogP contribution in [-0.2, 0) is 21.8 Å². The summed E-state index contributed by atoms with van der Waals surface area (Å²) in [5.74, 6) is -0.768. The van der Waals surface area contributed by atoms with Gasteiger partial charge in [-0.2, -0.15) is 13.2 Å². The molecule has 0 radical (unpaired) electrons. The van der Waals surface area contributed by atoms with Gasteiger partial charge in [-0.15, -0.1) is 0 Å². The SMILES string of the molecule is O=c1cc(C(F)(F)F)[nH]cc1CS(=O)(=O)c1cnc(Cl)c(Br)c1. The number of H-pyrrole nitrogens is 1. The van der Waals surface area contributed by atoms with Crippen molar-refractivity contribution in [2.24, 2.45) is 0 Å². The van der Waals surface area contributed by atoms with Crippen LogP contribution in [0.25, 0.3) is 0 Å². The van der Waals surface area contributed by atoms with Gasteiger partial charge in [0.15, 0.2) is 15.3 Å². The number of nitrogens with zero attached hydrogens (tertiary/aromatic N) is 1. The summed E-state index contributed by atoms with van der Waals surface area (Å²) in [6.07, 6.45) is -2.98. The standard InChI is InChI=1S/C12H7BrClF3N2O3S/c13-8-1-7(4-19-11(8)14)23(21,22)5-6-3-18-10(2-9(6)20)12(15,16)17/h1-4H,5H2,(H,18,20). The smallest absolute Gasteiger partial charge is 0.357 e. The summed E-state index contributed by atoms with van der Waals surface area (Å²) in [4.78, 5) is 17.0. The molecule has 0 unspecified atom stereocenters. The monoisotopic (exact) mass is 430 g/mol. The molecule has 0 atom stereocenters. The average molecular weight is 432 g/mol. The Labute approximate surface area is 141 Å². The summed E-state index contributed by atoms with van der Waals surface area (Å²) in [6, 6.07) is 1.52. The van der Waals surface area contributed by atoms with Gasteiger partial charge in [0.05, 0.1) is 15.1 Å². The maximum absolute atomic E-state index is 12.5. The average Bonchev–Trinajstić information content (AvgIpc) is 2.42. The number of pyridine rings is 2. The molecule has 124 valence electrons. The minimum Gasteiger partial charge on any atom is -0.357 e. The van der Waals surface area contributed by atoms with Gasteiger partial charge in [-0.1, -0.05) is 11.6 Å². The Morgan fingerprint density at radius 1 is 1.30 bits per heavy atom. The van der Waals surface area contributed by atoms with E-state index in [1.54, 1.807) is 0 Å². The van der Waals surface area contributed by atoms with Gasteiger partial charge in [-0.05, 0) is 22.0 Å². The van der Waals surface area contributed by atoms with E-state index < -0.39 is 32.9 Å². The van der Waals surface area contributed by atoms with Crippen LogP contribution < -0.4 is 5.43 Å². The largest absolute Gasteiger partial charge is 0.431 e. The molecule has 0 aliphatic heterocycles. The van der Waals surface area contributed by atoms with Crippen LogP contribution >= 0.6 is 27.5 Å². The van der Waals surface area contributed by atoms with Crippen LogP contribution in [0.4, 0.5) is 13.2 Å². The van der Waals surface area contributed by atoms with Gasteiger partial charge in [0, 0.05) is 24.0 Å². The fourth-order valence-electron chi connectivity index (χ4n) is 1.64. The zero-order valence-electron chi connectivity index (χ0n) is 11.0. The predicted molar refractivity (Wildman–Crippen MR) is 79.9 cm³/mol. The van der Waals surface area contributed by atoms with Crippen molar-refractivity contribution in [2.75, 3.05) is 0 Å². The molecule has 23 heavy (non-hydrogen) atoms. The highest BCUT2D eigenvalue weighted by molar-refractivity contribution is 9.10. The lowest BCUT2D eigenvalue weighted by molar-refractivity contribution is -0.141. The van der Waals surface area contributed by atoms with Gasteiger partial charge in [0.25, 0.3) is 0 Å². The number of aromatic amines is 1. The summed E-state index contributed by atoms with van der Waals surface area (Å²) < 4.78 is 62.1. The van der Waals surface area contributed by atoms with Gasteiger partial charge >= 0.3 is 6.18 Å². The van der Waals surface area contributed by atoms with Crippen molar-refractivity contribution in [1.82, 2.24) is 9.97 Å². The van der Waals surface area contributed by atoms with E-state index in [1.165, 1.54) is 6.07 Å². The fourth-order valence-corrected chi connectivity index (χ4v) is 3.56. The first-order valence-corrected chi connectivity index (χ1v) is 8.65. The van der Waals surface area contributed by atoms with Crippen LogP contribution in [0.2, 0.25) is 5.15 Å². The van der Waals surface area contributed by atoms with E-state index >= 15 is 0 Å². The molecule has 0 saturated heterocycles. The second kappa shape index (κ2) is 6.25. The third kappa shape index (κ3) is 4.12. The Morgan fingerprint density at radius 3 is 2.48 bits per heavy atom. The first-order chi connectivity index (χ1) is 10.5.